The van der Waals surface area contributed by atoms with Crippen molar-refractivity contribution >= 4 is 45.6 Å². The van der Waals surface area contributed by atoms with Crippen molar-refractivity contribution in [2.45, 2.75) is 19.4 Å². The van der Waals surface area contributed by atoms with Crippen LogP contribution in [0.1, 0.15) is 18.4 Å². The van der Waals surface area contributed by atoms with Gasteiger partial charge in [0.2, 0.25) is 5.91 Å². The Morgan fingerprint density at radius 3 is 2.76 bits per heavy atom. The second-order valence-electron chi connectivity index (χ2n) is 3.83. The molecule has 0 saturated carbocycles. The monoisotopic (exact) mass is 340 g/mol. The molecule has 1 heterocycles. The van der Waals surface area contributed by atoms with Gasteiger partial charge >= 0.3 is 0 Å². The van der Waals surface area contributed by atoms with Crippen molar-refractivity contribution in [1.82, 2.24) is 10.2 Å². The lowest BCUT2D eigenvalue weighted by Gasteiger charge is -2.09. The van der Waals surface area contributed by atoms with Crippen LogP contribution in [0.2, 0.25) is 0 Å². The Morgan fingerprint density at radius 1 is 1.53 bits per heavy atom. The summed E-state index contributed by atoms with van der Waals surface area (Å²) in [5.41, 5.74) is 1.29. The number of nitrogens with zero attached hydrogens (tertiary/aromatic N) is 1. The van der Waals surface area contributed by atoms with Crippen LogP contribution < -0.4 is 5.32 Å². The molecule has 0 bridgehead atoms. The molecule has 98 valence electrons. The Labute approximate surface area is 121 Å². The summed E-state index contributed by atoms with van der Waals surface area (Å²) in [6.45, 7) is 1.76. The van der Waals surface area contributed by atoms with E-state index in [-0.39, 0.29) is 18.3 Å². The molecule has 17 heavy (non-hydrogen) atoms. The van der Waals surface area contributed by atoms with Crippen LogP contribution in [0.3, 0.4) is 0 Å². The van der Waals surface area contributed by atoms with Gasteiger partial charge in [0.25, 0.3) is 0 Å². The summed E-state index contributed by atoms with van der Waals surface area (Å²) in [4.78, 5) is 12.9. The molecule has 1 rings (SSSR count). The van der Waals surface area contributed by atoms with Crippen molar-refractivity contribution in [2.75, 3.05) is 20.6 Å². The lowest BCUT2D eigenvalue weighted by atomic mass is 10.2. The van der Waals surface area contributed by atoms with Gasteiger partial charge in [-0.05, 0) is 45.9 Å². The van der Waals surface area contributed by atoms with Gasteiger partial charge in [0.05, 0.1) is 3.79 Å². The predicted octanol–water partition coefficient (Wildman–Crippen LogP) is 2.89. The van der Waals surface area contributed by atoms with Gasteiger partial charge in [-0.25, -0.2) is 0 Å². The van der Waals surface area contributed by atoms with Gasteiger partial charge in [-0.15, -0.1) is 23.7 Å². The zero-order valence-electron chi connectivity index (χ0n) is 10.0. The first-order valence-corrected chi connectivity index (χ1v) is 6.90. The minimum atomic E-state index is 0. The van der Waals surface area contributed by atoms with Crippen molar-refractivity contribution in [3.8, 4) is 0 Å². The highest BCUT2D eigenvalue weighted by Crippen LogP contribution is 2.20. The van der Waals surface area contributed by atoms with Gasteiger partial charge in [0.1, 0.15) is 0 Å². The minimum Gasteiger partial charge on any atom is -0.349 e. The maximum absolute atomic E-state index is 11.3. The quantitative estimate of drug-likeness (QED) is 0.807. The fourth-order valence-electron chi connectivity index (χ4n) is 1.26. The van der Waals surface area contributed by atoms with Crippen molar-refractivity contribution in [3.05, 3.63) is 20.8 Å². The molecule has 0 unspecified atom stereocenters. The normalized spacial score (nSPS) is 9.82. The Morgan fingerprint density at radius 2 is 2.24 bits per heavy atom. The zero-order valence-corrected chi connectivity index (χ0v) is 13.3. The average molecular weight is 342 g/mol. The Balaban J connectivity index is 0.00000256. The Kier molecular flexibility index (Phi) is 8.86. The predicted molar refractivity (Wildman–Crippen MR) is 78.9 cm³/mol. The maximum Gasteiger partial charge on any atom is 0.222 e. The average Bonchev–Trinajstić information content (AvgIpc) is 2.63. The van der Waals surface area contributed by atoms with Crippen LogP contribution in [0, 0.1) is 0 Å². The molecular formula is C11H18BrClN2OS. The fourth-order valence-corrected chi connectivity index (χ4v) is 2.47. The van der Waals surface area contributed by atoms with Gasteiger partial charge in [-0.2, -0.15) is 0 Å². The van der Waals surface area contributed by atoms with E-state index < -0.39 is 0 Å². The van der Waals surface area contributed by atoms with Gasteiger partial charge in [0.15, 0.2) is 0 Å². The highest BCUT2D eigenvalue weighted by atomic mass is 79.9. The van der Waals surface area contributed by atoms with Crippen molar-refractivity contribution < 1.29 is 4.79 Å². The van der Waals surface area contributed by atoms with Gasteiger partial charge in [-0.1, -0.05) is 0 Å². The molecule has 0 aliphatic rings. The highest BCUT2D eigenvalue weighted by Gasteiger charge is 2.02. The topological polar surface area (TPSA) is 32.3 Å². The minimum absolute atomic E-state index is 0. The molecule has 0 atom stereocenters. The molecule has 0 aliphatic carbocycles. The molecule has 1 N–H and O–H groups in total. The van der Waals surface area contributed by atoms with E-state index in [9.17, 15) is 4.79 Å². The van der Waals surface area contributed by atoms with Crippen LogP contribution in [0.5, 0.6) is 0 Å². The molecule has 6 heteroatoms. The van der Waals surface area contributed by atoms with Crippen molar-refractivity contribution in [2.24, 2.45) is 0 Å². The van der Waals surface area contributed by atoms with Crippen molar-refractivity contribution in [1.29, 1.82) is 0 Å². The van der Waals surface area contributed by atoms with Crippen molar-refractivity contribution in [3.63, 3.8) is 0 Å². The van der Waals surface area contributed by atoms with E-state index in [1.807, 2.05) is 0 Å². The third kappa shape index (κ3) is 7.03. The standard InChI is InChI=1S/C11H17BrN2OS.ClH/c1-14(2)11(15)4-3-5-13-7-9-6-10(12)16-8-9;/h6,8,13H,3-5,7H2,1-2H3;1H. The first-order valence-electron chi connectivity index (χ1n) is 5.23. The summed E-state index contributed by atoms with van der Waals surface area (Å²) in [7, 11) is 3.58. The van der Waals surface area contributed by atoms with Crippen LogP contribution in [0.25, 0.3) is 0 Å². The second-order valence-corrected chi connectivity index (χ2v) is 6.12. The van der Waals surface area contributed by atoms with Gasteiger partial charge in [0, 0.05) is 27.1 Å². The molecule has 0 spiro atoms. The molecule has 0 aromatic carbocycles. The van der Waals surface area contributed by atoms with Crippen LogP contribution in [-0.4, -0.2) is 31.4 Å². The van der Waals surface area contributed by atoms with E-state index in [0.29, 0.717) is 6.42 Å². The summed E-state index contributed by atoms with van der Waals surface area (Å²) in [5.74, 6) is 0.195. The lowest BCUT2D eigenvalue weighted by molar-refractivity contribution is -0.128. The molecule has 0 radical (unpaired) electrons. The van der Waals surface area contributed by atoms with Crippen LogP contribution in [-0.2, 0) is 11.3 Å². The largest absolute Gasteiger partial charge is 0.349 e. The zero-order chi connectivity index (χ0) is 12.0. The number of hydrogen-bond acceptors (Lipinski definition) is 3. The summed E-state index contributed by atoms with van der Waals surface area (Å²) in [5, 5.41) is 5.45. The molecule has 0 saturated heterocycles. The van der Waals surface area contributed by atoms with E-state index in [4.69, 9.17) is 0 Å². The molecule has 1 amide bonds. The first-order chi connectivity index (χ1) is 7.59. The maximum atomic E-state index is 11.3. The van der Waals surface area contributed by atoms with Gasteiger partial charge < -0.3 is 10.2 Å². The van der Waals surface area contributed by atoms with Gasteiger partial charge in [-0.3, -0.25) is 4.79 Å². The number of nitrogens with one attached hydrogen (secondary N) is 1. The van der Waals surface area contributed by atoms with Crippen LogP contribution in [0.15, 0.2) is 15.2 Å². The number of amides is 1. The molecule has 3 nitrogen and oxygen atoms in total. The summed E-state index contributed by atoms with van der Waals surface area (Å²) < 4.78 is 1.16. The molecule has 0 aliphatic heterocycles. The third-order valence-electron chi connectivity index (χ3n) is 2.19. The summed E-state index contributed by atoms with van der Waals surface area (Å²) in [6, 6.07) is 2.11. The molecular weight excluding hydrogens is 324 g/mol. The number of carbonyl (C=O) groups excluding carboxylic acids is 1. The van der Waals surface area contributed by atoms with E-state index in [2.05, 4.69) is 32.7 Å². The van der Waals surface area contributed by atoms with E-state index >= 15 is 0 Å². The third-order valence-corrected chi connectivity index (χ3v) is 3.75. The number of thiophene rings is 1. The van der Waals surface area contributed by atoms with E-state index in [1.165, 1.54) is 5.56 Å². The molecule has 0 fully saturated rings. The second kappa shape index (κ2) is 8.91. The number of carbonyl (C=O) groups is 1. The fraction of sp³-hybridized carbons (Fsp3) is 0.545. The Hall–Kier alpha value is -0.100. The Bertz CT molecular complexity index is 344. The van der Waals surface area contributed by atoms with Crippen LogP contribution in [0.4, 0.5) is 0 Å². The summed E-state index contributed by atoms with van der Waals surface area (Å²) in [6.07, 6.45) is 1.51. The number of hydrogen-bond donors (Lipinski definition) is 1. The van der Waals surface area contributed by atoms with Crippen LogP contribution >= 0.6 is 39.7 Å². The molecule has 1 aromatic rings. The molecule has 1 aromatic heterocycles. The highest BCUT2D eigenvalue weighted by molar-refractivity contribution is 9.11. The van der Waals surface area contributed by atoms with E-state index in [1.54, 1.807) is 30.3 Å². The van der Waals surface area contributed by atoms with E-state index in [0.717, 1.165) is 23.3 Å². The SMILES string of the molecule is CN(C)C(=O)CCCNCc1csc(Br)c1.Cl. The smallest absolute Gasteiger partial charge is 0.222 e. The summed E-state index contributed by atoms with van der Waals surface area (Å²) >= 11 is 5.12. The first kappa shape index (κ1) is 16.9. The number of rotatable bonds is 6. The lowest BCUT2D eigenvalue weighted by Crippen LogP contribution is -2.23. The number of halogens is 2.